The fraction of sp³-hybridized carbons (Fsp3) is 1.00. The van der Waals surface area contributed by atoms with Crippen molar-refractivity contribution < 1.29 is 0 Å². The highest BCUT2D eigenvalue weighted by Gasteiger charge is 2.29. The SMILES string of the molecule is CCC1CP1C. The Bertz CT molecular complexity index is 49.9. The lowest BCUT2D eigenvalue weighted by Gasteiger charge is -1.79. The molecule has 0 aromatic heterocycles. The molecule has 1 heterocycles. The first-order chi connectivity index (χ1) is 2.84. The molecule has 0 amide bonds. The van der Waals surface area contributed by atoms with Crippen molar-refractivity contribution in [2.75, 3.05) is 12.8 Å². The van der Waals surface area contributed by atoms with Gasteiger partial charge in [0.25, 0.3) is 0 Å². The molecule has 0 radical (unpaired) electrons. The van der Waals surface area contributed by atoms with Crippen molar-refractivity contribution in [2.45, 2.75) is 19.0 Å². The zero-order valence-corrected chi connectivity index (χ0v) is 5.33. The van der Waals surface area contributed by atoms with Gasteiger partial charge < -0.3 is 0 Å². The maximum atomic E-state index is 2.39. The van der Waals surface area contributed by atoms with Crippen LogP contribution in [0.1, 0.15) is 13.3 Å². The highest BCUT2D eigenvalue weighted by atomic mass is 31.1. The fourth-order valence-electron chi connectivity index (χ4n) is 0.726. The van der Waals surface area contributed by atoms with Crippen LogP contribution >= 0.6 is 7.92 Å². The molecule has 0 bridgehead atoms. The first-order valence-corrected chi connectivity index (χ1v) is 4.59. The molecular formula is C5H11P. The second kappa shape index (κ2) is 1.50. The Hall–Kier alpha value is 0.430. The van der Waals surface area contributed by atoms with Crippen LogP contribution in [-0.2, 0) is 0 Å². The fourth-order valence-corrected chi connectivity index (χ4v) is 2.67. The summed E-state index contributed by atoms with van der Waals surface area (Å²) in [6.45, 7) is 4.68. The minimum Gasteiger partial charge on any atom is -0.106 e. The van der Waals surface area contributed by atoms with Gasteiger partial charge in [0.1, 0.15) is 0 Å². The molecule has 0 saturated carbocycles. The summed E-state index contributed by atoms with van der Waals surface area (Å²) < 4.78 is 0. The van der Waals surface area contributed by atoms with E-state index in [1.54, 1.807) is 6.16 Å². The van der Waals surface area contributed by atoms with Gasteiger partial charge in [0.15, 0.2) is 0 Å². The van der Waals surface area contributed by atoms with Crippen LogP contribution in [0.4, 0.5) is 0 Å². The lowest BCUT2D eigenvalue weighted by Crippen LogP contribution is -1.71. The van der Waals surface area contributed by atoms with Crippen LogP contribution in [0.3, 0.4) is 0 Å². The molecule has 0 aliphatic carbocycles. The predicted octanol–water partition coefficient (Wildman–Crippen LogP) is 1.89. The molecule has 2 unspecified atom stereocenters. The molecule has 0 nitrogen and oxygen atoms in total. The second-order valence-electron chi connectivity index (χ2n) is 2.00. The Labute approximate surface area is 40.7 Å². The maximum Gasteiger partial charge on any atom is -0.0175 e. The topological polar surface area (TPSA) is 0 Å². The molecule has 1 rings (SSSR count). The third-order valence-corrected chi connectivity index (χ3v) is 3.80. The zero-order chi connectivity index (χ0) is 4.57. The van der Waals surface area contributed by atoms with Crippen LogP contribution < -0.4 is 0 Å². The van der Waals surface area contributed by atoms with Gasteiger partial charge >= 0.3 is 0 Å². The van der Waals surface area contributed by atoms with Gasteiger partial charge in [0.2, 0.25) is 0 Å². The summed E-state index contributed by atoms with van der Waals surface area (Å²) in [6, 6.07) is 0. The summed E-state index contributed by atoms with van der Waals surface area (Å²) in [4.78, 5) is 0. The van der Waals surface area contributed by atoms with E-state index >= 15 is 0 Å². The van der Waals surface area contributed by atoms with E-state index in [0.29, 0.717) is 7.92 Å². The number of hydrogen-bond acceptors (Lipinski definition) is 0. The van der Waals surface area contributed by atoms with Crippen molar-refractivity contribution >= 4 is 7.92 Å². The van der Waals surface area contributed by atoms with Crippen molar-refractivity contribution in [3.63, 3.8) is 0 Å². The third-order valence-electron chi connectivity index (χ3n) is 1.46. The monoisotopic (exact) mass is 102 g/mol. The number of hydrogen-bond donors (Lipinski definition) is 0. The van der Waals surface area contributed by atoms with E-state index in [2.05, 4.69) is 13.6 Å². The van der Waals surface area contributed by atoms with E-state index in [0.717, 1.165) is 0 Å². The summed E-state index contributed by atoms with van der Waals surface area (Å²) in [5.74, 6) is 0. The summed E-state index contributed by atoms with van der Waals surface area (Å²) in [6.07, 6.45) is 2.99. The molecule has 1 saturated heterocycles. The highest BCUT2D eigenvalue weighted by Crippen LogP contribution is 2.56. The molecule has 2 atom stereocenters. The van der Waals surface area contributed by atoms with Crippen molar-refractivity contribution in [1.82, 2.24) is 0 Å². The Balaban J connectivity index is 2.09. The van der Waals surface area contributed by atoms with Gasteiger partial charge in [-0.05, 0) is 24.9 Å². The Kier molecular flexibility index (Phi) is 1.15. The maximum absolute atomic E-state index is 2.39. The van der Waals surface area contributed by atoms with Gasteiger partial charge in [-0.25, -0.2) is 0 Å². The average Bonchev–Trinajstić information content (AvgIpc) is 2.19. The molecule has 36 valence electrons. The molecule has 0 spiro atoms. The van der Waals surface area contributed by atoms with Gasteiger partial charge in [0.05, 0.1) is 0 Å². The van der Waals surface area contributed by atoms with Crippen molar-refractivity contribution in [1.29, 1.82) is 0 Å². The lowest BCUT2D eigenvalue weighted by atomic mass is 10.4. The molecular weight excluding hydrogens is 91.0 g/mol. The quantitative estimate of drug-likeness (QED) is 0.443. The van der Waals surface area contributed by atoms with Gasteiger partial charge in [-0.3, -0.25) is 0 Å². The van der Waals surface area contributed by atoms with E-state index in [4.69, 9.17) is 0 Å². The molecule has 0 aromatic rings. The first-order valence-electron chi connectivity index (χ1n) is 2.55. The summed E-state index contributed by atoms with van der Waals surface area (Å²) in [5.41, 5.74) is 1.17. The van der Waals surface area contributed by atoms with Crippen LogP contribution in [0.5, 0.6) is 0 Å². The average molecular weight is 102 g/mol. The molecule has 0 N–H and O–H groups in total. The largest absolute Gasteiger partial charge is 0.106 e. The van der Waals surface area contributed by atoms with E-state index in [1.165, 1.54) is 12.1 Å². The minimum atomic E-state index is 0.566. The lowest BCUT2D eigenvalue weighted by molar-refractivity contribution is 0.979. The van der Waals surface area contributed by atoms with Gasteiger partial charge in [-0.1, -0.05) is 6.92 Å². The normalized spacial score (nSPS) is 43.0. The third kappa shape index (κ3) is 0.733. The Morgan fingerprint density at radius 1 is 1.83 bits per heavy atom. The smallest absolute Gasteiger partial charge is 0.0175 e. The van der Waals surface area contributed by atoms with Crippen LogP contribution in [0.2, 0.25) is 0 Å². The molecule has 0 aromatic carbocycles. The second-order valence-corrected chi connectivity index (χ2v) is 4.61. The van der Waals surface area contributed by atoms with E-state index < -0.39 is 0 Å². The van der Waals surface area contributed by atoms with Crippen LogP contribution in [0, 0.1) is 0 Å². The highest BCUT2D eigenvalue weighted by molar-refractivity contribution is 7.65. The number of rotatable bonds is 1. The summed E-state index contributed by atoms with van der Waals surface area (Å²) in [7, 11) is 0.566. The van der Waals surface area contributed by atoms with Crippen molar-refractivity contribution in [3.8, 4) is 0 Å². The Morgan fingerprint density at radius 3 is 2.33 bits per heavy atom. The molecule has 1 heteroatoms. The standard InChI is InChI=1S/C5H11P/c1-3-5-4-6(5)2/h5H,3-4H2,1-2H3. The van der Waals surface area contributed by atoms with E-state index in [9.17, 15) is 0 Å². The van der Waals surface area contributed by atoms with Crippen LogP contribution in [-0.4, -0.2) is 18.5 Å². The molecule has 1 aliphatic rings. The summed E-state index contributed by atoms with van der Waals surface area (Å²) in [5, 5.41) is 0. The van der Waals surface area contributed by atoms with E-state index in [-0.39, 0.29) is 0 Å². The summed E-state index contributed by atoms with van der Waals surface area (Å²) >= 11 is 0. The minimum absolute atomic E-state index is 0.566. The Morgan fingerprint density at radius 2 is 2.33 bits per heavy atom. The zero-order valence-electron chi connectivity index (χ0n) is 4.44. The molecule has 6 heavy (non-hydrogen) atoms. The molecule has 1 aliphatic heterocycles. The van der Waals surface area contributed by atoms with Gasteiger partial charge in [-0.15, -0.1) is 7.92 Å². The van der Waals surface area contributed by atoms with Crippen molar-refractivity contribution in [2.24, 2.45) is 0 Å². The van der Waals surface area contributed by atoms with E-state index in [1.807, 2.05) is 0 Å². The van der Waals surface area contributed by atoms with Crippen molar-refractivity contribution in [3.05, 3.63) is 0 Å². The first kappa shape index (κ1) is 4.59. The van der Waals surface area contributed by atoms with Crippen LogP contribution in [0.15, 0.2) is 0 Å². The van der Waals surface area contributed by atoms with Gasteiger partial charge in [0, 0.05) is 0 Å². The molecule has 1 fully saturated rings. The predicted molar refractivity (Wildman–Crippen MR) is 31.8 cm³/mol. The van der Waals surface area contributed by atoms with Gasteiger partial charge in [-0.2, -0.15) is 0 Å². The van der Waals surface area contributed by atoms with Crippen LogP contribution in [0.25, 0.3) is 0 Å².